The van der Waals surface area contributed by atoms with E-state index < -0.39 is 11.9 Å². The SMILES string of the molecule is COC(=O)C1=C(C(=O)OC)N(c2ccc(Oc3ccc(C#N)c(C#N)c3)cc2)C=CC=C1. The zero-order valence-electron chi connectivity index (χ0n) is 17.2. The Bertz CT molecular complexity index is 1230. The summed E-state index contributed by atoms with van der Waals surface area (Å²) in [5.41, 5.74) is 1.10. The van der Waals surface area contributed by atoms with Crippen LogP contribution < -0.4 is 9.64 Å². The smallest absolute Gasteiger partial charge is 0.355 e. The number of carbonyl (C=O) groups is 2. The third-order valence-corrected chi connectivity index (χ3v) is 4.47. The van der Waals surface area contributed by atoms with Crippen molar-refractivity contribution < 1.29 is 23.8 Å². The molecule has 0 fully saturated rings. The Hall–Kier alpha value is -4.82. The van der Waals surface area contributed by atoms with E-state index in [-0.39, 0.29) is 22.4 Å². The van der Waals surface area contributed by atoms with Crippen LogP contribution in [-0.2, 0) is 19.1 Å². The second kappa shape index (κ2) is 9.79. The van der Waals surface area contributed by atoms with Crippen LogP contribution in [-0.4, -0.2) is 26.2 Å². The molecule has 0 unspecified atom stereocenters. The Balaban J connectivity index is 1.93. The molecular weight excluding hydrogens is 410 g/mol. The fraction of sp³-hybridized carbons (Fsp3) is 0.0833. The van der Waals surface area contributed by atoms with Gasteiger partial charge in [-0.3, -0.25) is 0 Å². The number of benzene rings is 2. The standard InChI is InChI=1S/C24H17N3O5/c1-30-23(28)21-5-3-4-12-27(22(21)24(29)31-2)18-7-10-19(11-8-18)32-20-9-6-16(14-25)17(13-20)15-26/h3-13H,1-2H3. The van der Waals surface area contributed by atoms with Gasteiger partial charge in [0.1, 0.15) is 29.3 Å². The summed E-state index contributed by atoms with van der Waals surface area (Å²) >= 11 is 0. The average molecular weight is 427 g/mol. The number of esters is 2. The van der Waals surface area contributed by atoms with Gasteiger partial charge in [-0.1, -0.05) is 6.08 Å². The molecule has 1 aliphatic rings. The molecule has 0 spiro atoms. The number of anilines is 1. The molecular formula is C24H17N3O5. The number of carbonyl (C=O) groups excluding carboxylic acids is 2. The minimum absolute atomic E-state index is 0.00349. The second-order valence-electron chi connectivity index (χ2n) is 6.34. The van der Waals surface area contributed by atoms with Crippen molar-refractivity contribution in [3.63, 3.8) is 0 Å². The molecule has 2 aromatic carbocycles. The molecule has 8 nitrogen and oxygen atoms in total. The predicted octanol–water partition coefficient (Wildman–Crippen LogP) is 3.71. The van der Waals surface area contributed by atoms with Crippen LogP contribution in [0.15, 0.2) is 78.2 Å². The number of rotatable bonds is 5. The van der Waals surface area contributed by atoms with Gasteiger partial charge in [-0.25, -0.2) is 9.59 Å². The Morgan fingerprint density at radius 1 is 0.844 bits per heavy atom. The van der Waals surface area contributed by atoms with E-state index in [4.69, 9.17) is 24.7 Å². The number of allylic oxidation sites excluding steroid dienone is 2. The van der Waals surface area contributed by atoms with Crippen molar-refractivity contribution in [3.8, 4) is 23.6 Å². The Labute approximate surface area is 184 Å². The van der Waals surface area contributed by atoms with Crippen LogP contribution in [0, 0.1) is 22.7 Å². The van der Waals surface area contributed by atoms with Crippen molar-refractivity contribution in [3.05, 3.63) is 89.3 Å². The number of ether oxygens (including phenoxy) is 3. The topological polar surface area (TPSA) is 113 Å². The Morgan fingerprint density at radius 2 is 1.50 bits per heavy atom. The molecule has 1 aliphatic heterocycles. The zero-order chi connectivity index (χ0) is 23.1. The highest BCUT2D eigenvalue weighted by Gasteiger charge is 2.27. The van der Waals surface area contributed by atoms with Crippen molar-refractivity contribution in [2.45, 2.75) is 0 Å². The van der Waals surface area contributed by atoms with Crippen LogP contribution >= 0.6 is 0 Å². The largest absolute Gasteiger partial charge is 0.465 e. The van der Waals surface area contributed by atoms with E-state index in [9.17, 15) is 9.59 Å². The molecule has 3 rings (SSSR count). The summed E-state index contributed by atoms with van der Waals surface area (Å²) in [4.78, 5) is 26.2. The van der Waals surface area contributed by atoms with Crippen molar-refractivity contribution in [1.29, 1.82) is 10.5 Å². The first-order valence-corrected chi connectivity index (χ1v) is 9.29. The molecule has 158 valence electrons. The molecule has 0 saturated carbocycles. The summed E-state index contributed by atoms with van der Waals surface area (Å²) in [5.74, 6) is -0.515. The summed E-state index contributed by atoms with van der Waals surface area (Å²) in [6.07, 6.45) is 6.38. The molecule has 0 saturated heterocycles. The minimum atomic E-state index is -0.705. The molecule has 0 N–H and O–H groups in total. The van der Waals surface area contributed by atoms with Gasteiger partial charge in [0.25, 0.3) is 0 Å². The maximum Gasteiger partial charge on any atom is 0.355 e. The summed E-state index contributed by atoms with van der Waals surface area (Å²) in [7, 11) is 2.46. The third-order valence-electron chi connectivity index (χ3n) is 4.47. The van der Waals surface area contributed by atoms with E-state index >= 15 is 0 Å². The third kappa shape index (κ3) is 4.50. The van der Waals surface area contributed by atoms with Crippen LogP contribution in [0.2, 0.25) is 0 Å². The summed E-state index contributed by atoms with van der Waals surface area (Å²) in [5, 5.41) is 18.2. The first kappa shape index (κ1) is 21.9. The van der Waals surface area contributed by atoms with Gasteiger partial charge in [0.05, 0.1) is 30.9 Å². The number of hydrogen-bond acceptors (Lipinski definition) is 8. The first-order chi connectivity index (χ1) is 15.5. The zero-order valence-corrected chi connectivity index (χ0v) is 17.2. The van der Waals surface area contributed by atoms with E-state index in [0.29, 0.717) is 17.2 Å². The summed E-state index contributed by atoms with van der Waals surface area (Å²) < 4.78 is 15.5. The molecule has 0 aromatic heterocycles. The monoisotopic (exact) mass is 427 g/mol. The van der Waals surface area contributed by atoms with Crippen LogP contribution in [0.3, 0.4) is 0 Å². The van der Waals surface area contributed by atoms with Crippen molar-refractivity contribution in [2.75, 3.05) is 19.1 Å². The number of nitrogens with zero attached hydrogens (tertiary/aromatic N) is 3. The Morgan fingerprint density at radius 3 is 2.12 bits per heavy atom. The maximum atomic E-state index is 12.5. The summed E-state index contributed by atoms with van der Waals surface area (Å²) in [6.45, 7) is 0. The lowest BCUT2D eigenvalue weighted by Gasteiger charge is -2.23. The van der Waals surface area contributed by atoms with Gasteiger partial charge < -0.3 is 19.1 Å². The molecule has 0 radical (unpaired) electrons. The van der Waals surface area contributed by atoms with Gasteiger partial charge in [-0.05, 0) is 54.6 Å². The Kier molecular flexibility index (Phi) is 6.69. The second-order valence-corrected chi connectivity index (χ2v) is 6.34. The van der Waals surface area contributed by atoms with Gasteiger partial charge in [0.15, 0.2) is 0 Å². The fourth-order valence-corrected chi connectivity index (χ4v) is 2.95. The van der Waals surface area contributed by atoms with Gasteiger partial charge in [-0.15, -0.1) is 0 Å². The molecule has 0 bridgehead atoms. The summed E-state index contributed by atoms with van der Waals surface area (Å²) in [6, 6.07) is 15.2. The number of nitriles is 2. The lowest BCUT2D eigenvalue weighted by atomic mass is 10.1. The molecule has 32 heavy (non-hydrogen) atoms. The molecule has 8 heteroatoms. The van der Waals surface area contributed by atoms with Gasteiger partial charge in [0.2, 0.25) is 0 Å². The highest BCUT2D eigenvalue weighted by atomic mass is 16.5. The van der Waals surface area contributed by atoms with Gasteiger partial charge in [0, 0.05) is 11.9 Å². The first-order valence-electron chi connectivity index (χ1n) is 9.29. The van der Waals surface area contributed by atoms with Gasteiger partial charge >= 0.3 is 11.9 Å². The molecule has 1 heterocycles. The minimum Gasteiger partial charge on any atom is -0.465 e. The lowest BCUT2D eigenvalue weighted by molar-refractivity contribution is -0.139. The van der Waals surface area contributed by atoms with E-state index in [1.807, 2.05) is 12.1 Å². The highest BCUT2D eigenvalue weighted by molar-refractivity contribution is 6.05. The van der Waals surface area contributed by atoms with Crippen molar-refractivity contribution in [2.24, 2.45) is 0 Å². The van der Waals surface area contributed by atoms with E-state index in [2.05, 4.69) is 0 Å². The van der Waals surface area contributed by atoms with Crippen molar-refractivity contribution in [1.82, 2.24) is 0 Å². The normalized spacial score (nSPS) is 12.4. The lowest BCUT2D eigenvalue weighted by Crippen LogP contribution is -2.26. The maximum absolute atomic E-state index is 12.5. The molecule has 0 atom stereocenters. The van der Waals surface area contributed by atoms with Gasteiger partial charge in [-0.2, -0.15) is 10.5 Å². The quantitative estimate of drug-likeness (QED) is 0.664. The highest BCUT2D eigenvalue weighted by Crippen LogP contribution is 2.30. The van der Waals surface area contributed by atoms with Crippen LogP contribution in [0.1, 0.15) is 11.1 Å². The van der Waals surface area contributed by atoms with Crippen LogP contribution in [0.5, 0.6) is 11.5 Å². The van der Waals surface area contributed by atoms with E-state index in [1.165, 1.54) is 37.3 Å². The number of methoxy groups -OCH3 is 2. The van der Waals surface area contributed by atoms with Crippen molar-refractivity contribution >= 4 is 17.6 Å². The van der Waals surface area contributed by atoms with Crippen LogP contribution in [0.4, 0.5) is 5.69 Å². The fourth-order valence-electron chi connectivity index (χ4n) is 2.95. The molecule has 0 aliphatic carbocycles. The van der Waals surface area contributed by atoms with E-state index in [0.717, 1.165) is 0 Å². The van der Waals surface area contributed by atoms with E-state index in [1.54, 1.807) is 48.7 Å². The average Bonchev–Trinajstić information content (AvgIpc) is 3.06. The van der Waals surface area contributed by atoms with Crippen LogP contribution in [0.25, 0.3) is 0 Å². The number of hydrogen-bond donors (Lipinski definition) is 0. The molecule has 0 amide bonds. The molecule has 2 aromatic rings. The predicted molar refractivity (Wildman–Crippen MR) is 114 cm³/mol.